The molecule has 162 valence electrons. The number of likely N-dealkylation sites (N-methyl/N-ethyl adjacent to an activating group) is 1. The maximum absolute atomic E-state index is 12.7. The Kier molecular flexibility index (Phi) is 5.13. The van der Waals surface area contributed by atoms with Crippen LogP contribution in [-0.4, -0.2) is 36.9 Å². The van der Waals surface area contributed by atoms with Gasteiger partial charge in [-0.05, 0) is 62.1 Å². The normalized spacial score (nSPS) is 21.9. The second-order valence-electron chi connectivity index (χ2n) is 9.08. The minimum atomic E-state index is -0.541. The van der Waals surface area contributed by atoms with Crippen LogP contribution in [0, 0.1) is 6.92 Å². The van der Waals surface area contributed by atoms with Gasteiger partial charge in [-0.3, -0.25) is 9.59 Å². The SMILES string of the molecule is C=CC(=O)N1CCC(Nc2ccc3c(c2)N(C)C(=O)C3(C)C)(c2cccc(C)c2Cl)C1. The number of aryl methyl sites for hydroxylation is 1. The third kappa shape index (κ3) is 3.32. The molecule has 1 fully saturated rings. The first-order valence-corrected chi connectivity index (χ1v) is 10.9. The first-order valence-electron chi connectivity index (χ1n) is 10.5. The van der Waals surface area contributed by atoms with E-state index in [-0.39, 0.29) is 11.8 Å². The van der Waals surface area contributed by atoms with Crippen molar-refractivity contribution < 1.29 is 9.59 Å². The third-order valence-corrected chi connectivity index (χ3v) is 7.22. The average molecular weight is 438 g/mol. The molecular weight excluding hydrogens is 410 g/mol. The van der Waals surface area contributed by atoms with Crippen LogP contribution in [0.2, 0.25) is 5.02 Å². The Bertz CT molecular complexity index is 1090. The van der Waals surface area contributed by atoms with Crippen molar-refractivity contribution in [2.24, 2.45) is 0 Å². The largest absolute Gasteiger partial charge is 0.374 e. The number of halogens is 1. The zero-order valence-electron chi connectivity index (χ0n) is 18.5. The summed E-state index contributed by atoms with van der Waals surface area (Å²) in [7, 11) is 1.81. The summed E-state index contributed by atoms with van der Waals surface area (Å²) in [5.41, 5.74) is 3.70. The quantitative estimate of drug-likeness (QED) is 0.709. The van der Waals surface area contributed by atoms with Gasteiger partial charge in [0.1, 0.15) is 0 Å². The van der Waals surface area contributed by atoms with Crippen LogP contribution >= 0.6 is 11.6 Å². The molecule has 2 heterocycles. The molecule has 2 aliphatic heterocycles. The lowest BCUT2D eigenvalue weighted by Crippen LogP contribution is -2.40. The molecule has 0 spiro atoms. The molecule has 5 nitrogen and oxygen atoms in total. The molecule has 2 amide bonds. The number of nitrogens with zero attached hydrogens (tertiary/aromatic N) is 2. The fourth-order valence-corrected chi connectivity index (χ4v) is 5.18. The van der Waals surface area contributed by atoms with E-state index in [1.54, 1.807) is 9.80 Å². The van der Waals surface area contributed by atoms with Crippen LogP contribution in [-0.2, 0) is 20.5 Å². The number of rotatable bonds is 4. The highest BCUT2D eigenvalue weighted by Gasteiger charge is 2.44. The van der Waals surface area contributed by atoms with Crippen molar-refractivity contribution in [1.29, 1.82) is 0 Å². The standard InChI is InChI=1S/C25H28ClN3O2/c1-6-21(30)29-13-12-25(15-29,19-9-7-8-16(2)22(19)26)27-17-10-11-18-20(14-17)28(5)23(31)24(18,3)4/h6-11,14,27H,1,12-13,15H2,2-5H3. The lowest BCUT2D eigenvalue weighted by molar-refractivity contribution is -0.125. The molecule has 4 rings (SSSR count). The molecular formula is C25H28ClN3O2. The van der Waals surface area contributed by atoms with Crippen LogP contribution in [0.1, 0.15) is 37.0 Å². The van der Waals surface area contributed by atoms with Gasteiger partial charge in [0.05, 0.1) is 11.0 Å². The molecule has 0 aliphatic carbocycles. The fourth-order valence-electron chi connectivity index (χ4n) is 4.87. The molecule has 1 N–H and O–H groups in total. The Morgan fingerprint density at radius 1 is 1.23 bits per heavy atom. The summed E-state index contributed by atoms with van der Waals surface area (Å²) in [6.45, 7) is 10.6. The highest BCUT2D eigenvalue weighted by atomic mass is 35.5. The number of amides is 2. The molecule has 1 saturated heterocycles. The van der Waals surface area contributed by atoms with E-state index >= 15 is 0 Å². The molecule has 2 aliphatic rings. The molecule has 1 atom stereocenters. The lowest BCUT2D eigenvalue weighted by Gasteiger charge is -2.34. The van der Waals surface area contributed by atoms with Crippen molar-refractivity contribution >= 4 is 34.8 Å². The molecule has 0 bridgehead atoms. The second kappa shape index (κ2) is 7.41. The Labute approximate surface area is 188 Å². The molecule has 31 heavy (non-hydrogen) atoms. The smallest absolute Gasteiger partial charge is 0.246 e. The summed E-state index contributed by atoms with van der Waals surface area (Å²) < 4.78 is 0. The van der Waals surface area contributed by atoms with Gasteiger partial charge in [-0.15, -0.1) is 0 Å². The van der Waals surface area contributed by atoms with Crippen molar-refractivity contribution in [3.05, 3.63) is 70.8 Å². The number of nitrogens with one attached hydrogen (secondary N) is 1. The van der Waals surface area contributed by atoms with Crippen molar-refractivity contribution in [3.8, 4) is 0 Å². The minimum absolute atomic E-state index is 0.0831. The first kappa shape index (κ1) is 21.4. The van der Waals surface area contributed by atoms with E-state index in [2.05, 4.69) is 11.9 Å². The maximum Gasteiger partial charge on any atom is 0.246 e. The number of anilines is 2. The maximum atomic E-state index is 12.7. The van der Waals surface area contributed by atoms with Gasteiger partial charge in [-0.1, -0.05) is 42.4 Å². The predicted molar refractivity (Wildman–Crippen MR) is 126 cm³/mol. The fraction of sp³-hybridized carbons (Fsp3) is 0.360. The molecule has 0 aromatic heterocycles. The Morgan fingerprint density at radius 2 is 1.97 bits per heavy atom. The topological polar surface area (TPSA) is 52.7 Å². The van der Waals surface area contributed by atoms with Crippen LogP contribution < -0.4 is 10.2 Å². The summed E-state index contributed by atoms with van der Waals surface area (Å²) in [6.07, 6.45) is 2.07. The number of carbonyl (C=O) groups excluding carboxylic acids is 2. The van der Waals surface area contributed by atoms with E-state index in [0.717, 1.165) is 28.1 Å². The Balaban J connectivity index is 1.77. The summed E-state index contributed by atoms with van der Waals surface area (Å²) >= 11 is 6.75. The predicted octanol–water partition coefficient (Wildman–Crippen LogP) is 4.63. The van der Waals surface area contributed by atoms with Crippen LogP contribution in [0.15, 0.2) is 49.1 Å². The second-order valence-corrected chi connectivity index (χ2v) is 9.46. The summed E-state index contributed by atoms with van der Waals surface area (Å²) in [5.74, 6) is -0.00630. The van der Waals surface area contributed by atoms with Gasteiger partial charge in [-0.25, -0.2) is 0 Å². The highest BCUT2D eigenvalue weighted by Crippen LogP contribution is 2.44. The number of fused-ring (bicyclic) bond motifs is 1. The van der Waals surface area contributed by atoms with E-state index in [4.69, 9.17) is 11.6 Å². The van der Waals surface area contributed by atoms with Gasteiger partial charge >= 0.3 is 0 Å². The van der Waals surface area contributed by atoms with Gasteiger partial charge in [0.15, 0.2) is 0 Å². The number of benzene rings is 2. The van der Waals surface area contributed by atoms with Crippen LogP contribution in [0.25, 0.3) is 0 Å². The molecule has 1 unspecified atom stereocenters. The van der Waals surface area contributed by atoms with Crippen molar-refractivity contribution in [2.75, 3.05) is 30.4 Å². The lowest BCUT2D eigenvalue weighted by atomic mass is 9.85. The van der Waals surface area contributed by atoms with Gasteiger partial charge in [0, 0.05) is 36.5 Å². The van der Waals surface area contributed by atoms with E-state index in [9.17, 15) is 9.59 Å². The van der Waals surface area contributed by atoms with Gasteiger partial charge in [0.25, 0.3) is 0 Å². The van der Waals surface area contributed by atoms with Gasteiger partial charge in [0.2, 0.25) is 11.8 Å². The molecule has 0 saturated carbocycles. The molecule has 6 heteroatoms. The van der Waals surface area contributed by atoms with Gasteiger partial charge < -0.3 is 15.1 Å². The zero-order valence-corrected chi connectivity index (χ0v) is 19.2. The highest BCUT2D eigenvalue weighted by molar-refractivity contribution is 6.32. The van der Waals surface area contributed by atoms with Crippen LogP contribution in [0.3, 0.4) is 0 Å². The van der Waals surface area contributed by atoms with E-state index in [0.29, 0.717) is 24.5 Å². The van der Waals surface area contributed by atoms with Gasteiger partial charge in [-0.2, -0.15) is 0 Å². The van der Waals surface area contributed by atoms with Crippen molar-refractivity contribution in [1.82, 2.24) is 4.90 Å². The number of hydrogen-bond donors (Lipinski definition) is 1. The number of likely N-dealkylation sites (tertiary alicyclic amines) is 1. The molecule has 2 aromatic carbocycles. The number of hydrogen-bond acceptors (Lipinski definition) is 3. The first-order chi connectivity index (χ1) is 14.6. The van der Waals surface area contributed by atoms with Crippen LogP contribution in [0.4, 0.5) is 11.4 Å². The Morgan fingerprint density at radius 3 is 2.68 bits per heavy atom. The summed E-state index contributed by atoms with van der Waals surface area (Å²) in [4.78, 5) is 28.5. The number of carbonyl (C=O) groups is 2. The average Bonchev–Trinajstić information content (AvgIpc) is 3.24. The monoisotopic (exact) mass is 437 g/mol. The third-order valence-electron chi connectivity index (χ3n) is 6.72. The molecule has 2 aromatic rings. The van der Waals surface area contributed by atoms with E-state index in [1.165, 1.54) is 6.08 Å². The summed E-state index contributed by atoms with van der Waals surface area (Å²) in [5, 5.41) is 4.40. The summed E-state index contributed by atoms with van der Waals surface area (Å²) in [6, 6.07) is 12.1. The Hall–Kier alpha value is -2.79. The van der Waals surface area contributed by atoms with E-state index in [1.807, 2.05) is 64.2 Å². The zero-order chi connectivity index (χ0) is 22.6. The molecule has 0 radical (unpaired) electrons. The van der Waals surface area contributed by atoms with Crippen molar-refractivity contribution in [2.45, 2.75) is 38.1 Å². The van der Waals surface area contributed by atoms with E-state index < -0.39 is 11.0 Å². The minimum Gasteiger partial charge on any atom is -0.374 e. The van der Waals surface area contributed by atoms with Crippen molar-refractivity contribution in [3.63, 3.8) is 0 Å². The van der Waals surface area contributed by atoms with Crippen LogP contribution in [0.5, 0.6) is 0 Å².